The predicted octanol–water partition coefficient (Wildman–Crippen LogP) is 7.02. The maximum atomic E-state index is 12.9. The topological polar surface area (TPSA) is 71.5 Å². The second-order valence-corrected chi connectivity index (χ2v) is 10.3. The van der Waals surface area contributed by atoms with E-state index in [4.69, 9.17) is 44.5 Å². The molecule has 0 aliphatic carbocycles. The first-order chi connectivity index (χ1) is 16.7. The predicted molar refractivity (Wildman–Crippen MR) is 132 cm³/mol. The van der Waals surface area contributed by atoms with Crippen molar-refractivity contribution in [1.29, 1.82) is 0 Å². The third kappa shape index (κ3) is 5.57. The van der Waals surface area contributed by atoms with Crippen LogP contribution in [0.3, 0.4) is 0 Å². The summed E-state index contributed by atoms with van der Waals surface area (Å²) < 4.78 is 44.9. The SMILES string of the molecule is CC1(C)CC(NC(=O)C(O)C(F)(F)F)c2cc(-c3ccc(Cl)cc3)c(-c3cc(Cl)ccc3Cl)nc2O1. The lowest BCUT2D eigenvalue weighted by Crippen LogP contribution is -2.48. The summed E-state index contributed by atoms with van der Waals surface area (Å²) in [5.74, 6) is -1.45. The number of halogens is 6. The lowest BCUT2D eigenvalue weighted by atomic mass is 9.88. The highest BCUT2D eigenvalue weighted by Crippen LogP contribution is 2.45. The van der Waals surface area contributed by atoms with E-state index in [1.54, 1.807) is 62.4 Å². The first-order valence-electron chi connectivity index (χ1n) is 10.8. The van der Waals surface area contributed by atoms with Crippen LogP contribution in [0.25, 0.3) is 22.4 Å². The number of fused-ring (bicyclic) bond motifs is 1. The number of aliphatic hydroxyl groups excluding tert-OH is 1. The molecular weight excluding hydrogens is 540 g/mol. The molecule has 0 saturated carbocycles. The van der Waals surface area contributed by atoms with E-state index in [-0.39, 0.29) is 12.3 Å². The van der Waals surface area contributed by atoms with Crippen molar-refractivity contribution in [1.82, 2.24) is 10.3 Å². The van der Waals surface area contributed by atoms with E-state index in [2.05, 4.69) is 5.32 Å². The number of hydrogen-bond donors (Lipinski definition) is 2. The summed E-state index contributed by atoms with van der Waals surface area (Å²) in [7, 11) is 0. The summed E-state index contributed by atoms with van der Waals surface area (Å²) >= 11 is 18.8. The molecule has 0 radical (unpaired) electrons. The average molecular weight is 560 g/mol. The van der Waals surface area contributed by atoms with Gasteiger partial charge in [0.05, 0.1) is 16.8 Å². The van der Waals surface area contributed by atoms with Crippen LogP contribution in [0.1, 0.15) is 31.9 Å². The van der Waals surface area contributed by atoms with Crippen LogP contribution in [0.2, 0.25) is 15.1 Å². The minimum absolute atomic E-state index is 0.113. The number of nitrogens with zero attached hydrogens (tertiary/aromatic N) is 1. The molecule has 5 nitrogen and oxygen atoms in total. The summed E-state index contributed by atoms with van der Waals surface area (Å²) in [6, 6.07) is 12.5. The van der Waals surface area contributed by atoms with Gasteiger partial charge in [-0.1, -0.05) is 46.9 Å². The fourth-order valence-electron chi connectivity index (χ4n) is 4.01. The molecule has 1 aliphatic rings. The van der Waals surface area contributed by atoms with Gasteiger partial charge in [0, 0.05) is 33.2 Å². The van der Waals surface area contributed by atoms with Crippen LogP contribution in [0.4, 0.5) is 13.2 Å². The van der Waals surface area contributed by atoms with Crippen molar-refractivity contribution in [2.24, 2.45) is 0 Å². The summed E-state index contributed by atoms with van der Waals surface area (Å²) in [5.41, 5.74) is 1.64. The molecule has 2 heterocycles. The van der Waals surface area contributed by atoms with Gasteiger partial charge in [0.2, 0.25) is 12.0 Å². The fourth-order valence-corrected chi connectivity index (χ4v) is 4.52. The first kappa shape index (κ1) is 26.5. The quantitative estimate of drug-likeness (QED) is 0.360. The Morgan fingerprint density at radius 2 is 1.72 bits per heavy atom. The van der Waals surface area contributed by atoms with E-state index in [0.717, 1.165) is 0 Å². The smallest absolute Gasteiger partial charge is 0.423 e. The third-order valence-corrected chi connectivity index (χ3v) is 6.49. The van der Waals surface area contributed by atoms with Gasteiger partial charge in [-0.3, -0.25) is 4.79 Å². The van der Waals surface area contributed by atoms with Gasteiger partial charge in [-0.25, -0.2) is 4.98 Å². The minimum Gasteiger partial charge on any atom is -0.471 e. The van der Waals surface area contributed by atoms with Gasteiger partial charge >= 0.3 is 6.18 Å². The molecule has 36 heavy (non-hydrogen) atoms. The summed E-state index contributed by atoms with van der Waals surface area (Å²) in [4.78, 5) is 16.9. The molecule has 1 aliphatic heterocycles. The lowest BCUT2D eigenvalue weighted by Gasteiger charge is -2.38. The van der Waals surface area contributed by atoms with Crippen molar-refractivity contribution in [2.75, 3.05) is 0 Å². The van der Waals surface area contributed by atoms with Gasteiger partial charge in [0.1, 0.15) is 5.60 Å². The zero-order valence-electron chi connectivity index (χ0n) is 19.0. The highest BCUT2D eigenvalue weighted by Gasteiger charge is 2.45. The van der Waals surface area contributed by atoms with Gasteiger partial charge < -0.3 is 15.2 Å². The number of alkyl halides is 3. The second kappa shape index (κ2) is 9.74. The van der Waals surface area contributed by atoms with Gasteiger partial charge in [-0.05, 0) is 55.8 Å². The Bertz CT molecular complexity index is 1310. The normalized spacial score (nSPS) is 17.6. The Balaban J connectivity index is 1.90. The molecule has 2 N–H and O–H groups in total. The van der Waals surface area contributed by atoms with E-state index in [9.17, 15) is 23.1 Å². The summed E-state index contributed by atoms with van der Waals surface area (Å²) in [5, 5.41) is 13.0. The summed E-state index contributed by atoms with van der Waals surface area (Å²) in [6.07, 6.45) is -8.14. The zero-order chi connectivity index (χ0) is 26.4. The van der Waals surface area contributed by atoms with Crippen molar-refractivity contribution in [3.8, 4) is 28.3 Å². The molecule has 0 bridgehead atoms. The first-order valence-corrected chi connectivity index (χ1v) is 11.9. The molecule has 1 amide bonds. The van der Waals surface area contributed by atoms with Crippen molar-refractivity contribution >= 4 is 40.7 Å². The monoisotopic (exact) mass is 558 g/mol. The van der Waals surface area contributed by atoms with Gasteiger partial charge in [0.15, 0.2) is 0 Å². The number of aliphatic hydroxyl groups is 1. The molecule has 190 valence electrons. The van der Waals surface area contributed by atoms with E-state index in [0.29, 0.717) is 43.0 Å². The van der Waals surface area contributed by atoms with Crippen LogP contribution in [-0.4, -0.2) is 33.9 Å². The number of rotatable bonds is 4. The van der Waals surface area contributed by atoms with Crippen LogP contribution in [0.15, 0.2) is 48.5 Å². The molecule has 3 aromatic rings. The minimum atomic E-state index is -5.10. The molecular formula is C25H20Cl3F3N2O3. The van der Waals surface area contributed by atoms with Crippen molar-refractivity contribution in [2.45, 2.75) is 44.2 Å². The Kier molecular flexibility index (Phi) is 7.18. The van der Waals surface area contributed by atoms with E-state index < -0.39 is 29.8 Å². The molecule has 0 spiro atoms. The maximum absolute atomic E-state index is 12.9. The number of ether oxygens (including phenoxy) is 1. The van der Waals surface area contributed by atoms with E-state index in [1.165, 1.54) is 0 Å². The second-order valence-electron chi connectivity index (χ2n) is 8.98. The number of aromatic nitrogens is 1. The summed E-state index contributed by atoms with van der Waals surface area (Å²) in [6.45, 7) is 3.44. The molecule has 0 saturated heterocycles. The number of pyridine rings is 1. The molecule has 2 aromatic carbocycles. The fraction of sp³-hybridized carbons (Fsp3) is 0.280. The molecule has 1 aromatic heterocycles. The zero-order valence-corrected chi connectivity index (χ0v) is 21.2. The van der Waals surface area contributed by atoms with Gasteiger partial charge in [-0.2, -0.15) is 13.2 Å². The van der Waals surface area contributed by atoms with Crippen molar-refractivity contribution in [3.63, 3.8) is 0 Å². The maximum Gasteiger partial charge on any atom is 0.423 e. The van der Waals surface area contributed by atoms with Gasteiger partial charge in [0.25, 0.3) is 5.91 Å². The molecule has 4 rings (SSSR count). The standard InChI is InChI=1S/C25H20Cl3F3N2O3/c1-24(2)11-19(32-22(35)21(34)25(29,30)31)17-10-15(12-3-5-13(26)6-4-12)20(33-23(17)36-24)16-9-14(27)7-8-18(16)28/h3-10,19,21,34H,11H2,1-2H3,(H,32,35). The van der Waals surface area contributed by atoms with E-state index in [1.807, 2.05) is 0 Å². The van der Waals surface area contributed by atoms with Crippen LogP contribution in [0, 0.1) is 0 Å². The number of benzene rings is 2. The van der Waals surface area contributed by atoms with E-state index >= 15 is 0 Å². The van der Waals surface area contributed by atoms with Crippen molar-refractivity contribution < 1.29 is 27.8 Å². The van der Waals surface area contributed by atoms with Gasteiger partial charge in [-0.15, -0.1) is 0 Å². The number of carbonyl (C=O) groups is 1. The van der Waals surface area contributed by atoms with Crippen molar-refractivity contribution in [3.05, 3.63) is 69.2 Å². The molecule has 11 heteroatoms. The molecule has 2 atom stereocenters. The van der Waals surface area contributed by atoms with Crippen LogP contribution < -0.4 is 10.1 Å². The number of nitrogens with one attached hydrogen (secondary N) is 1. The highest BCUT2D eigenvalue weighted by molar-refractivity contribution is 6.35. The number of amides is 1. The third-order valence-electron chi connectivity index (χ3n) is 5.67. The molecule has 0 fully saturated rings. The largest absolute Gasteiger partial charge is 0.471 e. The number of carbonyl (C=O) groups excluding carboxylic acids is 1. The van der Waals surface area contributed by atoms with Crippen LogP contribution >= 0.6 is 34.8 Å². The highest BCUT2D eigenvalue weighted by atomic mass is 35.5. The molecule has 2 unspecified atom stereocenters. The number of hydrogen-bond acceptors (Lipinski definition) is 4. The Morgan fingerprint density at radius 3 is 2.36 bits per heavy atom. The Labute approximate surface area is 220 Å². The lowest BCUT2D eigenvalue weighted by molar-refractivity contribution is -0.205. The average Bonchev–Trinajstić information content (AvgIpc) is 2.78. The van der Waals surface area contributed by atoms with Crippen LogP contribution in [-0.2, 0) is 4.79 Å². The van der Waals surface area contributed by atoms with Crippen LogP contribution in [0.5, 0.6) is 5.88 Å². The Hall–Kier alpha value is -2.52. The Morgan fingerprint density at radius 1 is 1.08 bits per heavy atom.